The van der Waals surface area contributed by atoms with Gasteiger partial charge < -0.3 is 14.5 Å². The van der Waals surface area contributed by atoms with Crippen LogP contribution in [0, 0.1) is 0 Å². The minimum atomic E-state index is -0.496. The molecule has 158 valence electrons. The summed E-state index contributed by atoms with van der Waals surface area (Å²) < 4.78 is 10.1. The zero-order valence-electron chi connectivity index (χ0n) is 16.4. The van der Waals surface area contributed by atoms with Crippen molar-refractivity contribution in [3.05, 3.63) is 63.2 Å². The van der Waals surface area contributed by atoms with Crippen LogP contribution in [0.5, 0.6) is 5.75 Å². The predicted molar refractivity (Wildman–Crippen MR) is 117 cm³/mol. The van der Waals surface area contributed by atoms with Gasteiger partial charge in [0.1, 0.15) is 11.6 Å². The number of benzene rings is 2. The highest BCUT2D eigenvalue weighted by molar-refractivity contribution is 7.98. The number of carbonyl (C=O) groups is 1. The average Bonchev–Trinajstić information content (AvgIpc) is 3.25. The fourth-order valence-corrected chi connectivity index (χ4v) is 3.77. The van der Waals surface area contributed by atoms with E-state index in [1.807, 2.05) is 0 Å². The van der Waals surface area contributed by atoms with Crippen molar-refractivity contribution in [3.63, 3.8) is 0 Å². The molecular formula is C20H16ClN5O4S. The van der Waals surface area contributed by atoms with Crippen LogP contribution in [0.1, 0.15) is 16.2 Å². The summed E-state index contributed by atoms with van der Waals surface area (Å²) in [4.78, 5) is 35.8. The molecule has 0 aliphatic carbocycles. The first kappa shape index (κ1) is 20.9. The highest BCUT2D eigenvalue weighted by atomic mass is 35.5. The van der Waals surface area contributed by atoms with Gasteiger partial charge in [-0.3, -0.25) is 9.89 Å². The van der Waals surface area contributed by atoms with Crippen LogP contribution in [0.2, 0.25) is 5.02 Å². The molecule has 2 heterocycles. The molecule has 0 aliphatic rings. The molecule has 4 rings (SSSR count). The molecule has 0 unspecified atom stereocenters. The molecule has 2 aromatic heterocycles. The second kappa shape index (κ2) is 8.78. The van der Waals surface area contributed by atoms with E-state index in [1.165, 1.54) is 31.0 Å². The Bertz CT molecular complexity index is 1340. The van der Waals surface area contributed by atoms with Crippen molar-refractivity contribution in [3.8, 4) is 17.1 Å². The van der Waals surface area contributed by atoms with E-state index in [9.17, 15) is 9.59 Å². The molecule has 0 saturated heterocycles. The lowest BCUT2D eigenvalue weighted by Gasteiger charge is -2.05. The van der Waals surface area contributed by atoms with E-state index in [1.54, 1.807) is 31.4 Å². The summed E-state index contributed by atoms with van der Waals surface area (Å²) in [6.07, 6.45) is 0. The molecule has 2 N–H and O–H groups in total. The van der Waals surface area contributed by atoms with E-state index in [2.05, 4.69) is 25.1 Å². The number of H-pyrrole nitrogens is 2. The summed E-state index contributed by atoms with van der Waals surface area (Å²) in [6, 6.07) is 9.81. The number of methoxy groups -OCH3 is 2. The lowest BCUT2D eigenvalue weighted by Crippen LogP contribution is -2.12. The van der Waals surface area contributed by atoms with E-state index in [-0.39, 0.29) is 5.56 Å². The fraction of sp³-hybridized carbons (Fsp3) is 0.150. The highest BCUT2D eigenvalue weighted by Crippen LogP contribution is 2.31. The zero-order chi connectivity index (χ0) is 22.0. The SMILES string of the molecule is COC(=O)c1ccc2c(=O)[nH]c(CSc3n[nH]c(-c4cc(Cl)ccc4OC)n3)nc2c1. The maximum Gasteiger partial charge on any atom is 0.337 e. The van der Waals surface area contributed by atoms with Crippen LogP contribution in [0.3, 0.4) is 0 Å². The maximum absolute atomic E-state index is 12.4. The molecule has 11 heteroatoms. The van der Waals surface area contributed by atoms with Crippen molar-refractivity contribution < 1.29 is 14.3 Å². The van der Waals surface area contributed by atoms with Gasteiger partial charge in [0.05, 0.1) is 42.0 Å². The van der Waals surface area contributed by atoms with Crippen molar-refractivity contribution >= 4 is 40.2 Å². The van der Waals surface area contributed by atoms with E-state index in [0.717, 1.165) is 0 Å². The highest BCUT2D eigenvalue weighted by Gasteiger charge is 2.14. The minimum Gasteiger partial charge on any atom is -0.496 e. The molecule has 0 fully saturated rings. The number of hydrogen-bond acceptors (Lipinski definition) is 8. The molecule has 9 nitrogen and oxygen atoms in total. The average molecular weight is 458 g/mol. The number of rotatable bonds is 6. The quantitative estimate of drug-likeness (QED) is 0.333. The molecule has 0 spiro atoms. The Balaban J connectivity index is 1.57. The Hall–Kier alpha value is -3.37. The summed E-state index contributed by atoms with van der Waals surface area (Å²) >= 11 is 7.37. The largest absolute Gasteiger partial charge is 0.496 e. The maximum atomic E-state index is 12.4. The second-order valence-electron chi connectivity index (χ2n) is 6.34. The number of nitrogens with zero attached hydrogens (tertiary/aromatic N) is 3. The molecule has 31 heavy (non-hydrogen) atoms. The van der Waals surface area contributed by atoms with E-state index in [0.29, 0.717) is 55.4 Å². The summed E-state index contributed by atoms with van der Waals surface area (Å²) in [5.74, 6) is 1.36. The van der Waals surface area contributed by atoms with Crippen LogP contribution >= 0.6 is 23.4 Å². The number of halogens is 1. The van der Waals surface area contributed by atoms with E-state index >= 15 is 0 Å². The molecule has 4 aromatic rings. The molecule has 0 bridgehead atoms. The molecular weight excluding hydrogens is 442 g/mol. The van der Waals surface area contributed by atoms with Crippen LogP contribution < -0.4 is 10.3 Å². The van der Waals surface area contributed by atoms with Crippen LogP contribution in [0.15, 0.2) is 46.3 Å². The Morgan fingerprint density at radius 3 is 2.77 bits per heavy atom. The number of esters is 1. The number of fused-ring (bicyclic) bond motifs is 1. The Kier molecular flexibility index (Phi) is 5.92. The molecule has 0 saturated carbocycles. The molecule has 0 radical (unpaired) electrons. The number of ether oxygens (including phenoxy) is 2. The van der Waals surface area contributed by atoms with Crippen LogP contribution in [-0.4, -0.2) is 45.3 Å². The summed E-state index contributed by atoms with van der Waals surface area (Å²) in [7, 11) is 2.86. The summed E-state index contributed by atoms with van der Waals surface area (Å²) in [5, 5.41) is 8.45. The van der Waals surface area contributed by atoms with Gasteiger partial charge in [0.15, 0.2) is 5.82 Å². The lowest BCUT2D eigenvalue weighted by molar-refractivity contribution is 0.0601. The van der Waals surface area contributed by atoms with Gasteiger partial charge >= 0.3 is 5.97 Å². The Labute approximate surface area is 185 Å². The first-order valence-electron chi connectivity index (χ1n) is 8.99. The number of carbonyl (C=O) groups excluding carboxylic acids is 1. The first-order chi connectivity index (χ1) is 15.0. The van der Waals surface area contributed by atoms with E-state index in [4.69, 9.17) is 21.1 Å². The van der Waals surface area contributed by atoms with Crippen LogP contribution in [0.4, 0.5) is 0 Å². The number of thioether (sulfide) groups is 1. The monoisotopic (exact) mass is 457 g/mol. The van der Waals surface area contributed by atoms with Gasteiger partial charge in [-0.05, 0) is 36.4 Å². The van der Waals surface area contributed by atoms with Gasteiger partial charge in [-0.25, -0.2) is 14.8 Å². The van der Waals surface area contributed by atoms with Gasteiger partial charge in [-0.15, -0.1) is 5.10 Å². The summed E-state index contributed by atoms with van der Waals surface area (Å²) in [5.41, 5.74) is 1.11. The topological polar surface area (TPSA) is 123 Å². The lowest BCUT2D eigenvalue weighted by atomic mass is 10.1. The van der Waals surface area contributed by atoms with Crippen LogP contribution in [-0.2, 0) is 10.5 Å². The smallest absolute Gasteiger partial charge is 0.337 e. The van der Waals surface area contributed by atoms with Gasteiger partial charge in [-0.2, -0.15) is 0 Å². The van der Waals surface area contributed by atoms with Crippen molar-refractivity contribution in [2.75, 3.05) is 14.2 Å². The third-order valence-electron chi connectivity index (χ3n) is 4.40. The van der Waals surface area contributed by atoms with Crippen molar-refractivity contribution in [2.24, 2.45) is 0 Å². The normalized spacial score (nSPS) is 10.9. The zero-order valence-corrected chi connectivity index (χ0v) is 18.0. The summed E-state index contributed by atoms with van der Waals surface area (Å²) in [6.45, 7) is 0. The third-order valence-corrected chi connectivity index (χ3v) is 5.49. The number of aromatic nitrogens is 5. The second-order valence-corrected chi connectivity index (χ2v) is 7.71. The number of nitrogens with one attached hydrogen (secondary N) is 2. The predicted octanol–water partition coefficient (Wildman–Crippen LogP) is 3.45. The van der Waals surface area contributed by atoms with Crippen molar-refractivity contribution in [2.45, 2.75) is 10.9 Å². The third kappa shape index (κ3) is 4.39. The van der Waals surface area contributed by atoms with Gasteiger partial charge in [0, 0.05) is 5.02 Å². The molecule has 0 aliphatic heterocycles. The van der Waals surface area contributed by atoms with Gasteiger partial charge in [0.25, 0.3) is 5.56 Å². The molecule has 2 aromatic carbocycles. The van der Waals surface area contributed by atoms with Crippen molar-refractivity contribution in [1.29, 1.82) is 0 Å². The van der Waals surface area contributed by atoms with Crippen LogP contribution in [0.25, 0.3) is 22.3 Å². The van der Waals surface area contributed by atoms with E-state index < -0.39 is 5.97 Å². The Morgan fingerprint density at radius 2 is 2.00 bits per heavy atom. The van der Waals surface area contributed by atoms with Crippen molar-refractivity contribution in [1.82, 2.24) is 25.1 Å². The van der Waals surface area contributed by atoms with Gasteiger partial charge in [0.2, 0.25) is 5.16 Å². The minimum absolute atomic E-state index is 0.295. The fourth-order valence-electron chi connectivity index (χ4n) is 2.93. The van der Waals surface area contributed by atoms with Gasteiger partial charge in [-0.1, -0.05) is 23.4 Å². The molecule has 0 amide bonds. The first-order valence-corrected chi connectivity index (χ1v) is 10.3. The number of aromatic amines is 2. The molecule has 0 atom stereocenters. The standard InChI is InChI=1S/C20H16ClN5O4S/c1-29-15-6-4-11(21)8-13(15)17-24-20(26-25-17)31-9-16-22-14-7-10(19(28)30-2)3-5-12(14)18(27)23-16/h3-8H,9H2,1-2H3,(H,22,23,27)(H,24,25,26). The Morgan fingerprint density at radius 1 is 1.16 bits per heavy atom. The number of hydrogen-bond donors (Lipinski definition) is 2.